The minimum absolute atomic E-state index is 0.157. The molecule has 0 atom stereocenters. The van der Waals surface area contributed by atoms with Crippen molar-refractivity contribution < 1.29 is 4.79 Å². The molecule has 0 spiro atoms. The fourth-order valence-electron chi connectivity index (χ4n) is 2.48. The summed E-state index contributed by atoms with van der Waals surface area (Å²) >= 11 is 0. The van der Waals surface area contributed by atoms with E-state index in [2.05, 4.69) is 0 Å². The van der Waals surface area contributed by atoms with Gasteiger partial charge in [-0.15, -0.1) is 0 Å². The van der Waals surface area contributed by atoms with E-state index in [9.17, 15) is 14.4 Å². The summed E-state index contributed by atoms with van der Waals surface area (Å²) in [6.07, 6.45) is 1.22. The number of aromatic nitrogens is 2. The Labute approximate surface area is 145 Å². The molecule has 1 aromatic heterocycles. The van der Waals surface area contributed by atoms with E-state index in [1.165, 1.54) is 15.7 Å². The number of aryl methyl sites for hydroxylation is 2. The molecular weight excluding hydrogens is 320 g/mol. The fourth-order valence-corrected chi connectivity index (χ4v) is 2.48. The predicted molar refractivity (Wildman–Crippen MR) is 93.0 cm³/mol. The van der Waals surface area contributed by atoms with Gasteiger partial charge < -0.3 is 4.90 Å². The van der Waals surface area contributed by atoms with Crippen LogP contribution in [0.3, 0.4) is 0 Å². The highest BCUT2D eigenvalue weighted by Gasteiger charge is 2.17. The minimum atomic E-state index is -0.741. The molecule has 7 heteroatoms. The summed E-state index contributed by atoms with van der Waals surface area (Å²) in [5, 5.41) is 9.05. The number of amides is 1. The van der Waals surface area contributed by atoms with Crippen molar-refractivity contribution >= 4 is 5.91 Å². The predicted octanol–water partition coefficient (Wildman–Crippen LogP) is 0.869. The van der Waals surface area contributed by atoms with Gasteiger partial charge in [0.05, 0.1) is 0 Å². The molecule has 0 fully saturated rings. The summed E-state index contributed by atoms with van der Waals surface area (Å²) in [6, 6.07) is 9.45. The molecule has 0 bridgehead atoms. The first-order valence-corrected chi connectivity index (χ1v) is 7.91. The standard InChI is InChI=1S/C18H20N4O3/c1-4-21-11-15(9-19)17(24)22(18(21)25)12-16(23)20(3)10-14-8-6-5-7-13(14)2/h5-8,11H,4,10,12H2,1-3H3. The number of nitrogens with zero attached hydrogens (tertiary/aromatic N) is 4. The van der Waals surface area contributed by atoms with Crippen molar-refractivity contribution in [3.8, 4) is 6.07 Å². The van der Waals surface area contributed by atoms with Crippen LogP contribution in [0.2, 0.25) is 0 Å². The monoisotopic (exact) mass is 340 g/mol. The van der Waals surface area contributed by atoms with Crippen molar-refractivity contribution in [1.29, 1.82) is 5.26 Å². The Morgan fingerprint density at radius 2 is 1.96 bits per heavy atom. The maximum Gasteiger partial charge on any atom is 0.331 e. The third kappa shape index (κ3) is 3.86. The van der Waals surface area contributed by atoms with Crippen LogP contribution in [-0.4, -0.2) is 27.0 Å². The molecule has 0 aliphatic rings. The van der Waals surface area contributed by atoms with E-state index < -0.39 is 17.8 Å². The van der Waals surface area contributed by atoms with Gasteiger partial charge in [0.2, 0.25) is 5.91 Å². The first kappa shape index (κ1) is 18.2. The molecule has 7 nitrogen and oxygen atoms in total. The number of likely N-dealkylation sites (N-methyl/N-ethyl adjacent to an activating group) is 1. The zero-order chi connectivity index (χ0) is 18.6. The minimum Gasteiger partial charge on any atom is -0.340 e. The summed E-state index contributed by atoms with van der Waals surface area (Å²) in [6.45, 7) is 3.97. The van der Waals surface area contributed by atoms with Crippen molar-refractivity contribution in [2.75, 3.05) is 7.05 Å². The number of rotatable bonds is 5. The lowest BCUT2D eigenvalue weighted by molar-refractivity contribution is -0.131. The quantitative estimate of drug-likeness (QED) is 0.808. The normalized spacial score (nSPS) is 10.3. The molecule has 0 aliphatic carbocycles. The van der Waals surface area contributed by atoms with Crippen molar-refractivity contribution in [1.82, 2.24) is 14.0 Å². The molecular formula is C18H20N4O3. The van der Waals surface area contributed by atoms with E-state index >= 15 is 0 Å². The molecule has 1 heterocycles. The van der Waals surface area contributed by atoms with Crippen molar-refractivity contribution in [2.45, 2.75) is 33.5 Å². The summed E-state index contributed by atoms with van der Waals surface area (Å²) in [5.74, 6) is -0.375. The topological polar surface area (TPSA) is 88.1 Å². The van der Waals surface area contributed by atoms with Gasteiger partial charge in [-0.05, 0) is 25.0 Å². The molecule has 1 aromatic carbocycles. The maximum atomic E-state index is 12.5. The number of carbonyl (C=O) groups excluding carboxylic acids is 1. The van der Waals surface area contributed by atoms with Crippen molar-refractivity contribution in [2.24, 2.45) is 0 Å². The summed E-state index contributed by atoms with van der Waals surface area (Å²) < 4.78 is 2.06. The molecule has 1 amide bonds. The van der Waals surface area contributed by atoms with Gasteiger partial charge in [-0.3, -0.25) is 14.2 Å². The van der Waals surface area contributed by atoms with Gasteiger partial charge in [0.25, 0.3) is 5.56 Å². The zero-order valence-corrected chi connectivity index (χ0v) is 14.5. The first-order valence-electron chi connectivity index (χ1n) is 7.91. The van der Waals surface area contributed by atoms with Gasteiger partial charge in [0.15, 0.2) is 0 Å². The second-order valence-electron chi connectivity index (χ2n) is 5.79. The van der Waals surface area contributed by atoms with Crippen LogP contribution in [0.15, 0.2) is 40.1 Å². The largest absolute Gasteiger partial charge is 0.340 e. The van der Waals surface area contributed by atoms with Crippen LogP contribution < -0.4 is 11.2 Å². The first-order chi connectivity index (χ1) is 11.9. The van der Waals surface area contributed by atoms with Gasteiger partial charge in [-0.1, -0.05) is 24.3 Å². The summed E-state index contributed by atoms with van der Waals surface area (Å²) in [5.41, 5.74) is 0.552. The van der Waals surface area contributed by atoms with E-state index in [0.717, 1.165) is 15.7 Å². The second-order valence-corrected chi connectivity index (χ2v) is 5.79. The van der Waals surface area contributed by atoms with Crippen LogP contribution >= 0.6 is 0 Å². The Morgan fingerprint density at radius 1 is 1.28 bits per heavy atom. The molecule has 0 aliphatic heterocycles. The van der Waals surface area contributed by atoms with E-state index in [4.69, 9.17) is 5.26 Å². The highest BCUT2D eigenvalue weighted by atomic mass is 16.2. The molecule has 2 aromatic rings. The molecule has 0 unspecified atom stereocenters. The summed E-state index contributed by atoms with van der Waals surface area (Å²) in [7, 11) is 1.62. The molecule has 130 valence electrons. The highest BCUT2D eigenvalue weighted by molar-refractivity contribution is 5.75. The van der Waals surface area contributed by atoms with Crippen LogP contribution in [-0.2, 0) is 24.4 Å². The number of hydrogen-bond donors (Lipinski definition) is 0. The SMILES string of the molecule is CCn1cc(C#N)c(=O)n(CC(=O)N(C)Cc2ccccc2C)c1=O. The van der Waals surface area contributed by atoms with Gasteiger partial charge in [0.1, 0.15) is 18.2 Å². The summed E-state index contributed by atoms with van der Waals surface area (Å²) in [4.78, 5) is 38.4. The van der Waals surface area contributed by atoms with Crippen LogP contribution in [0.1, 0.15) is 23.6 Å². The molecule has 0 N–H and O–H groups in total. The van der Waals surface area contributed by atoms with Gasteiger partial charge in [0, 0.05) is 26.3 Å². The number of nitriles is 1. The third-order valence-electron chi connectivity index (χ3n) is 4.09. The number of carbonyl (C=O) groups is 1. The average Bonchev–Trinajstić information content (AvgIpc) is 2.60. The third-order valence-corrected chi connectivity index (χ3v) is 4.09. The fraction of sp³-hybridized carbons (Fsp3) is 0.333. The van der Waals surface area contributed by atoms with Crippen LogP contribution in [0.4, 0.5) is 0 Å². The smallest absolute Gasteiger partial charge is 0.331 e. The van der Waals surface area contributed by atoms with Crippen LogP contribution in [0.25, 0.3) is 0 Å². The van der Waals surface area contributed by atoms with Crippen molar-refractivity contribution in [3.63, 3.8) is 0 Å². The molecule has 25 heavy (non-hydrogen) atoms. The number of hydrogen-bond acceptors (Lipinski definition) is 4. The van der Waals surface area contributed by atoms with E-state index in [1.54, 1.807) is 20.0 Å². The lowest BCUT2D eigenvalue weighted by Crippen LogP contribution is -2.44. The lowest BCUT2D eigenvalue weighted by atomic mass is 10.1. The Bertz CT molecular complexity index is 950. The van der Waals surface area contributed by atoms with Gasteiger partial charge in [-0.2, -0.15) is 5.26 Å². The molecule has 0 radical (unpaired) electrons. The molecule has 2 rings (SSSR count). The Kier molecular flexibility index (Phi) is 5.55. The van der Waals surface area contributed by atoms with Gasteiger partial charge in [-0.25, -0.2) is 9.36 Å². The Balaban J connectivity index is 2.29. The highest BCUT2D eigenvalue weighted by Crippen LogP contribution is 2.09. The van der Waals surface area contributed by atoms with Crippen LogP contribution in [0, 0.1) is 18.3 Å². The van der Waals surface area contributed by atoms with E-state index in [1.807, 2.05) is 31.2 Å². The Morgan fingerprint density at radius 3 is 2.56 bits per heavy atom. The number of benzene rings is 1. The van der Waals surface area contributed by atoms with E-state index in [0.29, 0.717) is 13.1 Å². The van der Waals surface area contributed by atoms with E-state index in [-0.39, 0.29) is 11.5 Å². The second kappa shape index (κ2) is 7.62. The van der Waals surface area contributed by atoms with Gasteiger partial charge >= 0.3 is 5.69 Å². The molecule has 0 saturated carbocycles. The Hall–Kier alpha value is -3.14. The molecule has 0 saturated heterocycles. The zero-order valence-electron chi connectivity index (χ0n) is 14.5. The van der Waals surface area contributed by atoms with Crippen LogP contribution in [0.5, 0.6) is 0 Å². The maximum absolute atomic E-state index is 12.5. The lowest BCUT2D eigenvalue weighted by Gasteiger charge is -2.19. The van der Waals surface area contributed by atoms with Crippen molar-refractivity contribution in [3.05, 3.63) is 68.0 Å². The average molecular weight is 340 g/mol.